The van der Waals surface area contributed by atoms with Gasteiger partial charge in [0.05, 0.1) is 0 Å². The summed E-state index contributed by atoms with van der Waals surface area (Å²) < 4.78 is 18.7. The van der Waals surface area contributed by atoms with Gasteiger partial charge in [0.15, 0.2) is 0 Å². The van der Waals surface area contributed by atoms with Crippen molar-refractivity contribution in [1.29, 1.82) is 0 Å². The van der Waals surface area contributed by atoms with E-state index in [4.69, 9.17) is 9.47 Å². The number of benzene rings is 1. The van der Waals surface area contributed by atoms with Gasteiger partial charge in [0.2, 0.25) is 0 Å². The molecule has 0 radical (unpaired) electrons. The molecule has 0 heterocycles. The molecule has 0 aromatic heterocycles. The third-order valence-corrected chi connectivity index (χ3v) is 25.3. The number of fused-ring (bicyclic) bond motifs is 5. The molecular weight excluding hydrogens is 603 g/mol. The van der Waals surface area contributed by atoms with Crippen molar-refractivity contribution in [2.24, 2.45) is 17.3 Å². The number of aryl methyl sites for hydroxylation is 1. The molecule has 224 valence electrons. The number of methoxy groups -OCH3 is 1. The van der Waals surface area contributed by atoms with Crippen LogP contribution >= 0.6 is 0 Å². The second-order valence-corrected chi connectivity index (χ2v) is 26.7. The van der Waals surface area contributed by atoms with Crippen LogP contribution in [0.4, 0.5) is 0 Å². The summed E-state index contributed by atoms with van der Waals surface area (Å²) in [5.41, 5.74) is 1.74. The number of carbonyl (C=O) groups is 1. The molecule has 0 spiro atoms. The number of hydrogen-bond acceptors (Lipinski definition) is 4. The minimum atomic E-state index is -2.51. The minimum absolute atomic E-state index is 0.0800. The molecule has 0 saturated heterocycles. The van der Waals surface area contributed by atoms with E-state index in [9.17, 15) is 9.90 Å². The molecule has 2 saturated carbocycles. The molecule has 0 unspecified atom stereocenters. The number of aliphatic hydroxyl groups is 1. The predicted octanol–water partition coefficient (Wildman–Crippen LogP) is 8.77. The third kappa shape index (κ3) is 6.39. The van der Waals surface area contributed by atoms with Crippen LogP contribution in [0.25, 0.3) is 0 Å². The molecule has 0 amide bonds. The Kier molecular flexibility index (Phi) is 10.9. The number of esters is 1. The van der Waals surface area contributed by atoms with Crippen molar-refractivity contribution in [2.75, 3.05) is 7.11 Å². The summed E-state index contributed by atoms with van der Waals surface area (Å²) >= 11 is -2.51. The number of hydrogen-bond donors (Lipinski definition) is 1. The second-order valence-electron chi connectivity index (χ2n) is 13.7. The molecule has 0 bridgehead atoms. The molecule has 1 N–H and O–H groups in total. The number of unbranched alkanes of at least 4 members (excludes halogenated alkanes) is 3. The average molecular weight is 660 g/mol. The van der Waals surface area contributed by atoms with Gasteiger partial charge in [-0.2, -0.15) is 0 Å². The molecule has 2 fully saturated rings. The Morgan fingerprint density at radius 2 is 1.73 bits per heavy atom. The van der Waals surface area contributed by atoms with Crippen LogP contribution in [-0.4, -0.2) is 48.3 Å². The normalized spacial score (nSPS) is 31.6. The van der Waals surface area contributed by atoms with E-state index >= 15 is 0 Å². The van der Waals surface area contributed by atoms with Crippen LogP contribution in [0, 0.1) is 17.3 Å². The van der Waals surface area contributed by atoms with Crippen LogP contribution in [-0.2, 0) is 16.0 Å². The Balaban J connectivity index is 1.64. The SMILES string of the molecule is CCC[CH2][Sn](/[CH]=C/[C@]1(O)CC[C@H]2[C@@H]3CCc4cc(OC(C)=O)ccc4[C@H]3[C@@H](OC)C[C@@]21C)([CH2]CCC)[CH2]CCC. The van der Waals surface area contributed by atoms with Crippen LogP contribution in [0.5, 0.6) is 5.75 Å². The Hall–Kier alpha value is -0.851. The fourth-order valence-corrected chi connectivity index (χ4v) is 23.3. The molecular formula is C35H56O4Sn. The van der Waals surface area contributed by atoms with Gasteiger partial charge in [-0.05, 0) is 0 Å². The summed E-state index contributed by atoms with van der Waals surface area (Å²) in [6.07, 6.45) is 15.3. The quantitative estimate of drug-likeness (QED) is 0.131. The van der Waals surface area contributed by atoms with E-state index in [-0.39, 0.29) is 17.5 Å². The first-order valence-electron chi connectivity index (χ1n) is 16.4. The van der Waals surface area contributed by atoms with Gasteiger partial charge in [0.25, 0.3) is 0 Å². The van der Waals surface area contributed by atoms with Crippen molar-refractivity contribution in [1.82, 2.24) is 0 Å². The average Bonchev–Trinajstić information content (AvgIpc) is 3.21. The molecule has 40 heavy (non-hydrogen) atoms. The zero-order chi connectivity index (χ0) is 29.0. The number of ether oxygens (including phenoxy) is 2. The zero-order valence-electron chi connectivity index (χ0n) is 26.3. The Morgan fingerprint density at radius 1 is 1.07 bits per heavy atom. The first-order chi connectivity index (χ1) is 19.2. The van der Waals surface area contributed by atoms with E-state index in [1.54, 1.807) is 0 Å². The van der Waals surface area contributed by atoms with E-state index in [1.807, 2.05) is 13.2 Å². The monoisotopic (exact) mass is 660 g/mol. The molecule has 4 rings (SSSR count). The number of rotatable bonds is 13. The van der Waals surface area contributed by atoms with E-state index in [0.717, 1.165) is 32.1 Å². The van der Waals surface area contributed by atoms with Crippen molar-refractivity contribution in [3.05, 3.63) is 39.5 Å². The van der Waals surface area contributed by atoms with Crippen LogP contribution < -0.4 is 4.74 Å². The summed E-state index contributed by atoms with van der Waals surface area (Å²) in [5, 5.41) is 12.5. The standard InChI is InChI=1S/C23H29O4.3C4H9.Sn/c1-5-23(25)11-10-19-18-8-6-15-12-16(27-14(2)24)7-9-17(15)21(18)20(26-4)13-22(19,23)3;3*1-3-4-2;/h1,5,7,9,12,18-21,25H,6,8,10-11,13H2,2-4H3;3*1,3-4H2,2H3;/t18-,19-,20-,21+,22-,23-;;;;/m0..../s1. The summed E-state index contributed by atoms with van der Waals surface area (Å²) in [4.78, 5) is 11.5. The summed E-state index contributed by atoms with van der Waals surface area (Å²) in [5.74, 6) is 1.70. The fourth-order valence-electron chi connectivity index (χ4n) is 8.90. The first kappa shape index (κ1) is 32.1. The van der Waals surface area contributed by atoms with Gasteiger partial charge in [0.1, 0.15) is 0 Å². The molecule has 0 aliphatic heterocycles. The van der Waals surface area contributed by atoms with Gasteiger partial charge in [-0.25, -0.2) is 0 Å². The molecule has 3 aliphatic rings. The second kappa shape index (κ2) is 13.6. The van der Waals surface area contributed by atoms with Gasteiger partial charge >= 0.3 is 238 Å². The van der Waals surface area contributed by atoms with Crippen LogP contribution in [0.3, 0.4) is 0 Å². The van der Waals surface area contributed by atoms with E-state index < -0.39 is 24.0 Å². The maximum absolute atomic E-state index is 12.5. The summed E-state index contributed by atoms with van der Waals surface area (Å²) in [6, 6.07) is 6.20. The zero-order valence-corrected chi connectivity index (χ0v) is 29.1. The van der Waals surface area contributed by atoms with Gasteiger partial charge in [-0.15, -0.1) is 0 Å². The molecule has 1 aromatic carbocycles. The van der Waals surface area contributed by atoms with Crippen LogP contribution in [0.1, 0.15) is 116 Å². The number of carbonyl (C=O) groups excluding carboxylic acids is 1. The van der Waals surface area contributed by atoms with Gasteiger partial charge in [-0.1, -0.05) is 0 Å². The molecule has 3 aliphatic carbocycles. The summed E-state index contributed by atoms with van der Waals surface area (Å²) in [6.45, 7) is 10.8. The Bertz CT molecular complexity index is 1010. The molecule has 1 aromatic rings. The predicted molar refractivity (Wildman–Crippen MR) is 168 cm³/mol. The van der Waals surface area contributed by atoms with Gasteiger partial charge < -0.3 is 0 Å². The van der Waals surface area contributed by atoms with Gasteiger partial charge in [0, 0.05) is 6.92 Å². The topological polar surface area (TPSA) is 55.8 Å². The maximum atomic E-state index is 12.5. The van der Waals surface area contributed by atoms with Crippen molar-refractivity contribution in [3.63, 3.8) is 0 Å². The van der Waals surface area contributed by atoms with Crippen molar-refractivity contribution in [2.45, 2.75) is 136 Å². The van der Waals surface area contributed by atoms with Crippen LogP contribution in [0.15, 0.2) is 28.4 Å². The molecule has 5 heteroatoms. The van der Waals surface area contributed by atoms with Gasteiger partial charge in [-0.3, -0.25) is 4.79 Å². The van der Waals surface area contributed by atoms with E-state index in [2.05, 4.69) is 50.0 Å². The van der Waals surface area contributed by atoms with E-state index in [0.29, 0.717) is 23.5 Å². The first-order valence-corrected chi connectivity index (χ1v) is 24.1. The Morgan fingerprint density at radius 3 is 2.30 bits per heavy atom. The van der Waals surface area contributed by atoms with E-state index in [1.165, 1.54) is 69.9 Å². The van der Waals surface area contributed by atoms with Crippen molar-refractivity contribution >= 4 is 24.3 Å². The third-order valence-electron chi connectivity index (χ3n) is 11.2. The van der Waals surface area contributed by atoms with Crippen molar-refractivity contribution < 1.29 is 19.4 Å². The van der Waals surface area contributed by atoms with Crippen molar-refractivity contribution in [3.8, 4) is 5.75 Å². The fraction of sp³-hybridized carbons (Fsp3) is 0.743. The summed E-state index contributed by atoms with van der Waals surface area (Å²) in [7, 11) is 1.86. The Labute approximate surface area is 248 Å². The molecule has 4 nitrogen and oxygen atoms in total. The molecule has 6 atom stereocenters. The van der Waals surface area contributed by atoms with Crippen LogP contribution in [0.2, 0.25) is 13.3 Å².